The molecule has 4 nitrogen and oxygen atoms in total. The normalized spacial score (nSPS) is 10.9. The summed E-state index contributed by atoms with van der Waals surface area (Å²) >= 11 is 0. The smallest absolute Gasteiger partial charge is 0.226 e. The standard InChI is InChI=1S/C17H22N2O2/c1-12(2)8-9-18-17(20)11-15-10-16(21-19-15)14-6-4-13(3)5-7-14/h4-7,10,12H,8-9,11H2,1-3H3,(H,18,20). The van der Waals surface area contributed by atoms with Crippen molar-refractivity contribution in [1.29, 1.82) is 0 Å². The van der Waals surface area contributed by atoms with Crippen LogP contribution in [0.25, 0.3) is 11.3 Å². The van der Waals surface area contributed by atoms with Gasteiger partial charge < -0.3 is 9.84 Å². The van der Waals surface area contributed by atoms with E-state index in [1.54, 1.807) is 0 Å². The number of hydrogen-bond acceptors (Lipinski definition) is 3. The number of hydrogen-bond donors (Lipinski definition) is 1. The van der Waals surface area contributed by atoms with Crippen LogP contribution in [-0.4, -0.2) is 17.6 Å². The Morgan fingerprint density at radius 3 is 2.67 bits per heavy atom. The number of aromatic nitrogens is 1. The van der Waals surface area contributed by atoms with Crippen LogP contribution in [-0.2, 0) is 11.2 Å². The molecule has 0 radical (unpaired) electrons. The Kier molecular flexibility index (Phi) is 5.14. The highest BCUT2D eigenvalue weighted by Gasteiger charge is 2.10. The van der Waals surface area contributed by atoms with Crippen LogP contribution in [0.5, 0.6) is 0 Å². The van der Waals surface area contributed by atoms with Crippen molar-refractivity contribution in [1.82, 2.24) is 10.5 Å². The average Bonchev–Trinajstić information content (AvgIpc) is 2.87. The number of benzene rings is 1. The predicted octanol–water partition coefficient (Wildman–Crippen LogP) is 3.35. The summed E-state index contributed by atoms with van der Waals surface area (Å²) in [6.07, 6.45) is 1.24. The largest absolute Gasteiger partial charge is 0.356 e. The SMILES string of the molecule is Cc1ccc(-c2cc(CC(=O)NCCC(C)C)no2)cc1. The third-order valence-electron chi connectivity index (χ3n) is 3.28. The summed E-state index contributed by atoms with van der Waals surface area (Å²) in [5, 5.41) is 6.86. The van der Waals surface area contributed by atoms with E-state index in [0.29, 0.717) is 23.9 Å². The maximum Gasteiger partial charge on any atom is 0.226 e. The van der Waals surface area contributed by atoms with E-state index in [4.69, 9.17) is 4.52 Å². The maximum absolute atomic E-state index is 11.8. The summed E-state index contributed by atoms with van der Waals surface area (Å²) in [6, 6.07) is 9.85. The second-order valence-electron chi connectivity index (χ2n) is 5.76. The number of aryl methyl sites for hydroxylation is 1. The van der Waals surface area contributed by atoms with Crippen molar-refractivity contribution in [3.8, 4) is 11.3 Å². The highest BCUT2D eigenvalue weighted by Crippen LogP contribution is 2.20. The van der Waals surface area contributed by atoms with Gasteiger partial charge in [0.15, 0.2) is 5.76 Å². The second-order valence-corrected chi connectivity index (χ2v) is 5.76. The molecule has 112 valence electrons. The van der Waals surface area contributed by atoms with Crippen molar-refractivity contribution in [2.45, 2.75) is 33.6 Å². The minimum Gasteiger partial charge on any atom is -0.356 e. The van der Waals surface area contributed by atoms with Crippen molar-refractivity contribution in [2.24, 2.45) is 5.92 Å². The van der Waals surface area contributed by atoms with Gasteiger partial charge in [-0.15, -0.1) is 0 Å². The second kappa shape index (κ2) is 7.07. The third-order valence-corrected chi connectivity index (χ3v) is 3.28. The van der Waals surface area contributed by atoms with E-state index in [0.717, 1.165) is 12.0 Å². The molecule has 0 saturated carbocycles. The van der Waals surface area contributed by atoms with Gasteiger partial charge in [0.1, 0.15) is 0 Å². The molecule has 4 heteroatoms. The molecule has 0 fully saturated rings. The van der Waals surface area contributed by atoms with Crippen LogP contribution in [0.4, 0.5) is 0 Å². The van der Waals surface area contributed by atoms with Gasteiger partial charge in [0, 0.05) is 18.2 Å². The number of amides is 1. The molecule has 0 spiro atoms. The fourth-order valence-corrected chi connectivity index (χ4v) is 1.98. The van der Waals surface area contributed by atoms with E-state index in [1.807, 2.05) is 37.3 Å². The molecule has 0 bridgehead atoms. The van der Waals surface area contributed by atoms with Gasteiger partial charge in [0.2, 0.25) is 5.91 Å². The van der Waals surface area contributed by atoms with Crippen LogP contribution < -0.4 is 5.32 Å². The Bertz CT molecular complexity index is 585. The van der Waals surface area contributed by atoms with Crippen LogP contribution in [0.3, 0.4) is 0 Å². The number of carbonyl (C=O) groups excluding carboxylic acids is 1. The molecular weight excluding hydrogens is 264 g/mol. The molecule has 1 heterocycles. The van der Waals surface area contributed by atoms with Crippen LogP contribution in [0.15, 0.2) is 34.9 Å². The monoisotopic (exact) mass is 286 g/mol. The molecule has 2 aromatic rings. The van der Waals surface area contributed by atoms with Crippen LogP contribution >= 0.6 is 0 Å². The summed E-state index contributed by atoms with van der Waals surface area (Å²) in [5.74, 6) is 1.27. The van der Waals surface area contributed by atoms with Crippen molar-refractivity contribution < 1.29 is 9.32 Å². The van der Waals surface area contributed by atoms with Gasteiger partial charge >= 0.3 is 0 Å². The van der Waals surface area contributed by atoms with Gasteiger partial charge in [-0.1, -0.05) is 48.8 Å². The lowest BCUT2D eigenvalue weighted by molar-refractivity contribution is -0.120. The van der Waals surface area contributed by atoms with E-state index < -0.39 is 0 Å². The van der Waals surface area contributed by atoms with Gasteiger partial charge in [0.25, 0.3) is 0 Å². The van der Waals surface area contributed by atoms with Crippen LogP contribution in [0.1, 0.15) is 31.5 Å². The first-order chi connectivity index (χ1) is 10.0. The first-order valence-electron chi connectivity index (χ1n) is 7.34. The Labute approximate surface area is 125 Å². The molecule has 0 aliphatic rings. The third kappa shape index (κ3) is 4.74. The molecule has 0 saturated heterocycles. The first-order valence-corrected chi connectivity index (χ1v) is 7.34. The van der Waals surface area contributed by atoms with Crippen molar-refractivity contribution in [2.75, 3.05) is 6.54 Å². The Hall–Kier alpha value is -2.10. The minimum atomic E-state index is -0.0144. The van der Waals surface area contributed by atoms with E-state index >= 15 is 0 Å². The van der Waals surface area contributed by atoms with Gasteiger partial charge in [-0.3, -0.25) is 4.79 Å². The predicted molar refractivity (Wildman–Crippen MR) is 82.8 cm³/mol. The zero-order chi connectivity index (χ0) is 15.2. The molecular formula is C17H22N2O2. The fourth-order valence-electron chi connectivity index (χ4n) is 1.98. The molecule has 1 N–H and O–H groups in total. The van der Waals surface area contributed by atoms with Gasteiger partial charge in [-0.25, -0.2) is 0 Å². The first kappa shape index (κ1) is 15.3. The van der Waals surface area contributed by atoms with Crippen molar-refractivity contribution >= 4 is 5.91 Å². The number of carbonyl (C=O) groups is 1. The zero-order valence-electron chi connectivity index (χ0n) is 12.8. The average molecular weight is 286 g/mol. The van der Waals surface area contributed by atoms with Gasteiger partial charge in [-0.05, 0) is 19.3 Å². The summed E-state index contributed by atoms with van der Waals surface area (Å²) in [5.41, 5.74) is 2.83. The highest BCUT2D eigenvalue weighted by molar-refractivity contribution is 5.78. The quantitative estimate of drug-likeness (QED) is 0.886. The van der Waals surface area contributed by atoms with Gasteiger partial charge in [0.05, 0.1) is 12.1 Å². The lowest BCUT2D eigenvalue weighted by Gasteiger charge is -2.05. The number of rotatable bonds is 6. The number of nitrogens with one attached hydrogen (secondary N) is 1. The zero-order valence-corrected chi connectivity index (χ0v) is 12.8. The Morgan fingerprint density at radius 1 is 1.29 bits per heavy atom. The lowest BCUT2D eigenvalue weighted by atomic mass is 10.1. The van der Waals surface area contributed by atoms with Crippen molar-refractivity contribution in [3.05, 3.63) is 41.6 Å². The highest BCUT2D eigenvalue weighted by atomic mass is 16.5. The molecule has 1 aromatic carbocycles. The van der Waals surface area contributed by atoms with Crippen molar-refractivity contribution in [3.63, 3.8) is 0 Å². The molecule has 0 unspecified atom stereocenters. The topological polar surface area (TPSA) is 55.1 Å². The van der Waals surface area contributed by atoms with E-state index in [1.165, 1.54) is 5.56 Å². The van der Waals surface area contributed by atoms with E-state index in [-0.39, 0.29) is 12.3 Å². The Balaban J connectivity index is 1.91. The summed E-state index contributed by atoms with van der Waals surface area (Å²) in [4.78, 5) is 11.8. The Morgan fingerprint density at radius 2 is 2.00 bits per heavy atom. The molecule has 0 aliphatic heterocycles. The minimum absolute atomic E-state index is 0.0144. The lowest BCUT2D eigenvalue weighted by Crippen LogP contribution is -2.26. The fraction of sp³-hybridized carbons (Fsp3) is 0.412. The molecule has 0 aliphatic carbocycles. The molecule has 0 atom stereocenters. The number of nitrogens with zero attached hydrogens (tertiary/aromatic N) is 1. The van der Waals surface area contributed by atoms with Gasteiger partial charge in [-0.2, -0.15) is 0 Å². The summed E-state index contributed by atoms with van der Waals surface area (Å²) in [6.45, 7) is 7.02. The molecule has 1 aromatic heterocycles. The summed E-state index contributed by atoms with van der Waals surface area (Å²) in [7, 11) is 0. The van der Waals surface area contributed by atoms with E-state index in [9.17, 15) is 4.79 Å². The molecule has 1 amide bonds. The van der Waals surface area contributed by atoms with Crippen LogP contribution in [0, 0.1) is 12.8 Å². The molecule has 2 rings (SSSR count). The maximum atomic E-state index is 11.8. The van der Waals surface area contributed by atoms with Crippen LogP contribution in [0.2, 0.25) is 0 Å². The summed E-state index contributed by atoms with van der Waals surface area (Å²) < 4.78 is 5.30. The van der Waals surface area contributed by atoms with E-state index in [2.05, 4.69) is 24.3 Å². The molecule has 21 heavy (non-hydrogen) atoms.